The predicted molar refractivity (Wildman–Crippen MR) is 64.3 cm³/mol. The number of nitrogens with one attached hydrogen (secondary N) is 1. The van der Waals surface area contributed by atoms with Gasteiger partial charge in [0.05, 0.1) is 11.0 Å². The van der Waals surface area contributed by atoms with Gasteiger partial charge in [-0.15, -0.1) is 0 Å². The fourth-order valence-electron chi connectivity index (χ4n) is 1.50. The zero-order chi connectivity index (χ0) is 13.2. The molecule has 0 bridgehead atoms. The standard InChI is InChI=1S/C11H15NO5S/c1-8(13)7-12-18(14,15)9-2-3-10-11(6-9)17-5-4-16-10/h2-3,6,8,12-13H,4-5,7H2,1H3. The average molecular weight is 273 g/mol. The molecule has 1 unspecified atom stereocenters. The van der Waals surface area contributed by atoms with Crippen LogP contribution in [0.3, 0.4) is 0 Å². The van der Waals surface area contributed by atoms with Gasteiger partial charge in [-0.05, 0) is 19.1 Å². The van der Waals surface area contributed by atoms with Crippen molar-refractivity contribution in [3.05, 3.63) is 18.2 Å². The molecule has 2 N–H and O–H groups in total. The summed E-state index contributed by atoms with van der Waals surface area (Å²) in [5.74, 6) is 0.955. The van der Waals surface area contributed by atoms with E-state index in [0.717, 1.165) is 0 Å². The Kier molecular flexibility index (Phi) is 3.74. The second kappa shape index (κ2) is 5.13. The zero-order valence-electron chi connectivity index (χ0n) is 9.92. The van der Waals surface area contributed by atoms with E-state index in [4.69, 9.17) is 14.6 Å². The Labute approximate surface area is 106 Å². The van der Waals surface area contributed by atoms with E-state index in [1.54, 1.807) is 6.07 Å². The summed E-state index contributed by atoms with van der Waals surface area (Å²) in [5.41, 5.74) is 0. The van der Waals surface area contributed by atoms with E-state index < -0.39 is 16.1 Å². The molecule has 1 aromatic carbocycles. The van der Waals surface area contributed by atoms with Gasteiger partial charge in [0, 0.05) is 12.6 Å². The number of hydrogen-bond donors (Lipinski definition) is 2. The summed E-state index contributed by atoms with van der Waals surface area (Å²) >= 11 is 0. The van der Waals surface area contributed by atoms with Crippen LogP contribution in [0.4, 0.5) is 0 Å². The van der Waals surface area contributed by atoms with Crippen LogP contribution in [-0.2, 0) is 10.0 Å². The second-order valence-corrected chi connectivity index (χ2v) is 5.77. The van der Waals surface area contributed by atoms with Crippen molar-refractivity contribution in [1.82, 2.24) is 4.72 Å². The summed E-state index contributed by atoms with van der Waals surface area (Å²) in [6.45, 7) is 2.33. The average Bonchev–Trinajstić information content (AvgIpc) is 2.36. The maximum Gasteiger partial charge on any atom is 0.240 e. The Morgan fingerprint density at radius 1 is 1.33 bits per heavy atom. The van der Waals surface area contributed by atoms with Crippen LogP contribution in [0.5, 0.6) is 11.5 Å². The Bertz CT molecular complexity index is 526. The van der Waals surface area contributed by atoms with Crippen LogP contribution in [0.15, 0.2) is 23.1 Å². The summed E-state index contributed by atoms with van der Waals surface area (Å²) in [4.78, 5) is 0.0902. The molecule has 0 fully saturated rings. The lowest BCUT2D eigenvalue weighted by Gasteiger charge is -2.19. The van der Waals surface area contributed by atoms with Crippen LogP contribution in [-0.4, -0.2) is 39.4 Å². The van der Waals surface area contributed by atoms with Crippen LogP contribution in [0.2, 0.25) is 0 Å². The first kappa shape index (κ1) is 13.1. The van der Waals surface area contributed by atoms with Crippen LogP contribution in [0.25, 0.3) is 0 Å². The minimum absolute atomic E-state index is 0.0310. The van der Waals surface area contributed by atoms with E-state index in [9.17, 15) is 8.42 Å². The van der Waals surface area contributed by atoms with E-state index in [0.29, 0.717) is 24.7 Å². The van der Waals surface area contributed by atoms with Gasteiger partial charge < -0.3 is 14.6 Å². The Morgan fingerprint density at radius 2 is 2.00 bits per heavy atom. The van der Waals surface area contributed by atoms with Crippen molar-refractivity contribution < 1.29 is 23.0 Å². The molecule has 100 valence electrons. The number of hydrogen-bond acceptors (Lipinski definition) is 5. The Hall–Kier alpha value is -1.31. The molecule has 0 spiro atoms. The van der Waals surface area contributed by atoms with E-state index >= 15 is 0 Å². The molecule has 1 aromatic rings. The number of aliphatic hydroxyl groups is 1. The van der Waals surface area contributed by atoms with Crippen molar-refractivity contribution in [2.45, 2.75) is 17.9 Å². The summed E-state index contributed by atoms with van der Waals surface area (Å²) in [7, 11) is -3.63. The molecule has 6 nitrogen and oxygen atoms in total. The molecule has 0 amide bonds. The number of aliphatic hydroxyl groups excluding tert-OH is 1. The molecule has 0 radical (unpaired) electrons. The monoisotopic (exact) mass is 273 g/mol. The van der Waals surface area contributed by atoms with Crippen LogP contribution < -0.4 is 14.2 Å². The largest absolute Gasteiger partial charge is 0.486 e. The molecule has 18 heavy (non-hydrogen) atoms. The summed E-state index contributed by atoms with van der Waals surface area (Å²) in [6, 6.07) is 4.42. The normalized spacial score (nSPS) is 16.3. The van der Waals surface area contributed by atoms with Gasteiger partial charge in [0.2, 0.25) is 10.0 Å². The molecule has 1 aliphatic rings. The highest BCUT2D eigenvalue weighted by molar-refractivity contribution is 7.89. The first-order valence-corrected chi connectivity index (χ1v) is 7.05. The summed E-state index contributed by atoms with van der Waals surface area (Å²) < 4.78 is 36.7. The molecule has 0 aliphatic carbocycles. The molecule has 1 atom stereocenters. The van der Waals surface area contributed by atoms with Gasteiger partial charge >= 0.3 is 0 Å². The van der Waals surface area contributed by atoms with Crippen molar-refractivity contribution in [1.29, 1.82) is 0 Å². The first-order chi connectivity index (χ1) is 8.49. The molecule has 0 saturated heterocycles. The van der Waals surface area contributed by atoms with Crippen molar-refractivity contribution in [3.8, 4) is 11.5 Å². The third-order valence-electron chi connectivity index (χ3n) is 2.39. The van der Waals surface area contributed by atoms with Gasteiger partial charge in [0.15, 0.2) is 11.5 Å². The van der Waals surface area contributed by atoms with E-state index in [1.165, 1.54) is 19.1 Å². The molecule has 1 aliphatic heterocycles. The highest BCUT2D eigenvalue weighted by atomic mass is 32.2. The lowest BCUT2D eigenvalue weighted by molar-refractivity contribution is 0.171. The maximum absolute atomic E-state index is 11.9. The molecule has 7 heteroatoms. The van der Waals surface area contributed by atoms with Crippen molar-refractivity contribution in [2.24, 2.45) is 0 Å². The predicted octanol–water partition coefficient (Wildman–Crippen LogP) is 0.117. The lowest BCUT2D eigenvalue weighted by Crippen LogP contribution is -2.30. The minimum atomic E-state index is -3.63. The zero-order valence-corrected chi connectivity index (χ0v) is 10.7. The van der Waals surface area contributed by atoms with Crippen LogP contribution in [0.1, 0.15) is 6.92 Å². The Morgan fingerprint density at radius 3 is 2.67 bits per heavy atom. The number of sulfonamides is 1. The molecular weight excluding hydrogens is 258 g/mol. The molecule has 0 saturated carbocycles. The fourth-order valence-corrected chi connectivity index (χ4v) is 2.64. The van der Waals surface area contributed by atoms with Gasteiger partial charge in [-0.2, -0.15) is 0 Å². The van der Waals surface area contributed by atoms with Gasteiger partial charge in [-0.3, -0.25) is 0 Å². The third-order valence-corrected chi connectivity index (χ3v) is 3.81. The highest BCUT2D eigenvalue weighted by Gasteiger charge is 2.19. The van der Waals surface area contributed by atoms with E-state index in [2.05, 4.69) is 4.72 Å². The molecule has 1 heterocycles. The minimum Gasteiger partial charge on any atom is -0.486 e. The van der Waals surface area contributed by atoms with Crippen molar-refractivity contribution >= 4 is 10.0 Å². The van der Waals surface area contributed by atoms with Gasteiger partial charge in [-0.1, -0.05) is 0 Å². The maximum atomic E-state index is 11.9. The van der Waals surface area contributed by atoms with Gasteiger partial charge in [-0.25, -0.2) is 13.1 Å². The van der Waals surface area contributed by atoms with Crippen molar-refractivity contribution in [2.75, 3.05) is 19.8 Å². The van der Waals surface area contributed by atoms with Gasteiger partial charge in [0.25, 0.3) is 0 Å². The Balaban J connectivity index is 2.22. The SMILES string of the molecule is CC(O)CNS(=O)(=O)c1ccc2c(c1)OCCO2. The topological polar surface area (TPSA) is 84.9 Å². The lowest BCUT2D eigenvalue weighted by atomic mass is 10.3. The smallest absolute Gasteiger partial charge is 0.240 e. The number of rotatable bonds is 4. The number of ether oxygens (including phenoxy) is 2. The summed E-state index contributed by atoms with van der Waals surface area (Å²) in [6.07, 6.45) is -0.739. The summed E-state index contributed by atoms with van der Waals surface area (Å²) in [5, 5.41) is 9.08. The molecule has 2 rings (SSSR count). The molecular formula is C11H15NO5S. The van der Waals surface area contributed by atoms with Crippen molar-refractivity contribution in [3.63, 3.8) is 0 Å². The first-order valence-electron chi connectivity index (χ1n) is 5.56. The third kappa shape index (κ3) is 2.92. The highest BCUT2D eigenvalue weighted by Crippen LogP contribution is 2.32. The van der Waals surface area contributed by atoms with Gasteiger partial charge in [0.1, 0.15) is 13.2 Å². The second-order valence-electron chi connectivity index (χ2n) is 4.01. The number of benzene rings is 1. The quantitative estimate of drug-likeness (QED) is 0.813. The number of fused-ring (bicyclic) bond motifs is 1. The van der Waals surface area contributed by atoms with Crippen LogP contribution >= 0.6 is 0 Å². The van der Waals surface area contributed by atoms with Crippen LogP contribution in [0, 0.1) is 0 Å². The van der Waals surface area contributed by atoms with E-state index in [1.807, 2.05) is 0 Å². The molecule has 0 aromatic heterocycles. The van der Waals surface area contributed by atoms with E-state index in [-0.39, 0.29) is 11.4 Å². The fraction of sp³-hybridized carbons (Fsp3) is 0.455.